The third kappa shape index (κ3) is 4.45. The molecule has 3 unspecified atom stereocenters. The number of hydrogen-bond acceptors (Lipinski definition) is 2. The van der Waals surface area contributed by atoms with E-state index in [0.29, 0.717) is 0 Å². The largest absolute Gasteiger partial charge is 0.324 e. The molecule has 2 nitrogen and oxygen atoms in total. The maximum absolute atomic E-state index is 6.31. The zero-order chi connectivity index (χ0) is 14.7. The van der Waals surface area contributed by atoms with Crippen LogP contribution in [0.4, 0.5) is 0 Å². The fourth-order valence-corrected chi connectivity index (χ4v) is 4.07. The molecule has 1 saturated heterocycles. The van der Waals surface area contributed by atoms with Crippen molar-refractivity contribution in [1.29, 1.82) is 0 Å². The van der Waals surface area contributed by atoms with E-state index >= 15 is 0 Å². The molecule has 1 aromatic rings. The van der Waals surface area contributed by atoms with Gasteiger partial charge >= 0.3 is 0 Å². The van der Waals surface area contributed by atoms with E-state index in [1.54, 1.807) is 0 Å². The minimum Gasteiger partial charge on any atom is -0.324 e. The van der Waals surface area contributed by atoms with Crippen LogP contribution in [-0.4, -0.2) is 24.5 Å². The van der Waals surface area contributed by atoms with Gasteiger partial charge in [0.05, 0.1) is 0 Å². The second kappa shape index (κ2) is 7.26. The molecule has 1 aliphatic rings. The summed E-state index contributed by atoms with van der Waals surface area (Å²) in [7, 11) is 0. The number of nitrogens with zero attached hydrogens (tertiary/aromatic N) is 1. The topological polar surface area (TPSA) is 29.3 Å². The van der Waals surface area contributed by atoms with E-state index in [9.17, 15) is 0 Å². The average molecular weight is 360 g/mol. The molecule has 0 saturated carbocycles. The highest BCUT2D eigenvalue weighted by atomic mass is 79.9. The van der Waals surface area contributed by atoms with Crippen molar-refractivity contribution in [1.82, 2.24) is 4.90 Å². The van der Waals surface area contributed by atoms with Gasteiger partial charge < -0.3 is 10.6 Å². The van der Waals surface area contributed by atoms with Gasteiger partial charge in [-0.1, -0.05) is 47.4 Å². The number of hydrogen-bond donors (Lipinski definition) is 1. The highest BCUT2D eigenvalue weighted by Gasteiger charge is 2.22. The Hall–Kier alpha value is -0.0900. The summed E-state index contributed by atoms with van der Waals surface area (Å²) in [5, 5.41) is 0.757. The van der Waals surface area contributed by atoms with Crippen LogP contribution in [0, 0.1) is 11.8 Å². The molecule has 1 heterocycles. The van der Waals surface area contributed by atoms with Gasteiger partial charge in [-0.2, -0.15) is 0 Å². The summed E-state index contributed by atoms with van der Waals surface area (Å²) in [6, 6.07) is 5.97. The molecule has 4 heteroatoms. The smallest absolute Gasteiger partial charge is 0.0464 e. The summed E-state index contributed by atoms with van der Waals surface area (Å²) in [5.41, 5.74) is 7.36. The van der Waals surface area contributed by atoms with Gasteiger partial charge in [-0.3, -0.25) is 0 Å². The van der Waals surface area contributed by atoms with E-state index in [4.69, 9.17) is 17.3 Å². The van der Waals surface area contributed by atoms with Crippen LogP contribution in [0.15, 0.2) is 22.7 Å². The van der Waals surface area contributed by atoms with Crippen molar-refractivity contribution < 1.29 is 0 Å². The molecule has 0 aromatic heterocycles. The molecule has 0 radical (unpaired) electrons. The SMILES string of the molecule is CC1CC(C)CN(CCC(N)c2ccc(Br)cc2Cl)C1. The number of likely N-dealkylation sites (tertiary alicyclic amines) is 1. The zero-order valence-electron chi connectivity index (χ0n) is 12.3. The van der Waals surface area contributed by atoms with Gasteiger partial charge in [-0.15, -0.1) is 0 Å². The minimum absolute atomic E-state index is 0.0168. The standard InChI is InChI=1S/C16H24BrClN2/c1-11-7-12(2)10-20(9-11)6-5-16(19)14-4-3-13(17)8-15(14)18/h3-4,8,11-12,16H,5-7,9-10,19H2,1-2H3. The quantitative estimate of drug-likeness (QED) is 0.859. The Labute approximate surface area is 135 Å². The summed E-state index contributed by atoms with van der Waals surface area (Å²) >= 11 is 9.70. The number of nitrogens with two attached hydrogens (primary N) is 1. The van der Waals surface area contributed by atoms with Crippen molar-refractivity contribution in [3.8, 4) is 0 Å². The van der Waals surface area contributed by atoms with Crippen LogP contribution in [0.1, 0.15) is 38.3 Å². The molecule has 0 aliphatic carbocycles. The Balaban J connectivity index is 1.90. The number of benzene rings is 1. The van der Waals surface area contributed by atoms with Crippen molar-refractivity contribution in [2.45, 2.75) is 32.7 Å². The number of piperidine rings is 1. The molecular formula is C16H24BrClN2. The van der Waals surface area contributed by atoms with Crippen molar-refractivity contribution in [3.63, 3.8) is 0 Å². The fraction of sp³-hybridized carbons (Fsp3) is 0.625. The van der Waals surface area contributed by atoms with Crippen LogP contribution in [0.2, 0.25) is 5.02 Å². The van der Waals surface area contributed by atoms with Gasteiger partial charge in [0, 0.05) is 28.6 Å². The maximum Gasteiger partial charge on any atom is 0.0464 e. The number of rotatable bonds is 4. The Kier molecular flexibility index (Phi) is 5.91. The second-order valence-electron chi connectivity index (χ2n) is 6.27. The van der Waals surface area contributed by atoms with E-state index < -0.39 is 0 Å². The van der Waals surface area contributed by atoms with Crippen molar-refractivity contribution in [3.05, 3.63) is 33.3 Å². The lowest BCUT2D eigenvalue weighted by atomic mass is 9.91. The Morgan fingerprint density at radius 2 is 2.00 bits per heavy atom. The molecule has 1 fully saturated rings. The van der Waals surface area contributed by atoms with Crippen LogP contribution < -0.4 is 5.73 Å². The monoisotopic (exact) mass is 358 g/mol. The van der Waals surface area contributed by atoms with E-state index in [-0.39, 0.29) is 6.04 Å². The van der Waals surface area contributed by atoms with Crippen LogP contribution in [0.3, 0.4) is 0 Å². The van der Waals surface area contributed by atoms with Gasteiger partial charge in [-0.25, -0.2) is 0 Å². The molecule has 1 aromatic carbocycles. The molecule has 112 valence electrons. The second-order valence-corrected chi connectivity index (χ2v) is 7.59. The van der Waals surface area contributed by atoms with E-state index in [1.165, 1.54) is 19.5 Å². The zero-order valence-corrected chi connectivity index (χ0v) is 14.6. The van der Waals surface area contributed by atoms with Gasteiger partial charge in [0.2, 0.25) is 0 Å². The minimum atomic E-state index is 0.0168. The lowest BCUT2D eigenvalue weighted by Crippen LogP contribution is -2.39. The normalized spacial score (nSPS) is 25.6. The average Bonchev–Trinajstić information content (AvgIpc) is 2.35. The molecule has 2 rings (SSSR count). The summed E-state index contributed by atoms with van der Waals surface area (Å²) in [6.45, 7) is 8.14. The predicted molar refractivity (Wildman–Crippen MR) is 90.1 cm³/mol. The number of halogens is 2. The molecular weight excluding hydrogens is 336 g/mol. The molecule has 20 heavy (non-hydrogen) atoms. The van der Waals surface area contributed by atoms with Crippen molar-refractivity contribution >= 4 is 27.5 Å². The molecule has 0 amide bonds. The highest BCUT2D eigenvalue weighted by molar-refractivity contribution is 9.10. The summed E-state index contributed by atoms with van der Waals surface area (Å²) in [4.78, 5) is 2.55. The first kappa shape index (κ1) is 16.3. The summed E-state index contributed by atoms with van der Waals surface area (Å²) < 4.78 is 0.997. The van der Waals surface area contributed by atoms with Crippen LogP contribution >= 0.6 is 27.5 Å². The third-order valence-electron chi connectivity index (χ3n) is 4.06. The van der Waals surface area contributed by atoms with Gasteiger partial charge in [0.1, 0.15) is 0 Å². The lowest BCUT2D eigenvalue weighted by molar-refractivity contribution is 0.137. The molecule has 0 spiro atoms. The Bertz CT molecular complexity index is 442. The van der Waals surface area contributed by atoms with Crippen LogP contribution in [0.5, 0.6) is 0 Å². The molecule has 0 bridgehead atoms. The van der Waals surface area contributed by atoms with E-state index in [0.717, 1.165) is 39.9 Å². The van der Waals surface area contributed by atoms with Crippen molar-refractivity contribution in [2.24, 2.45) is 17.6 Å². The fourth-order valence-electron chi connectivity index (χ4n) is 3.25. The molecule has 2 N–H and O–H groups in total. The first-order valence-electron chi connectivity index (χ1n) is 7.38. The van der Waals surface area contributed by atoms with Gasteiger partial charge in [-0.05, 0) is 48.9 Å². The third-order valence-corrected chi connectivity index (χ3v) is 4.88. The van der Waals surface area contributed by atoms with Crippen LogP contribution in [0.25, 0.3) is 0 Å². The summed E-state index contributed by atoms with van der Waals surface area (Å²) in [6.07, 6.45) is 2.31. The maximum atomic E-state index is 6.31. The molecule has 3 atom stereocenters. The lowest BCUT2D eigenvalue weighted by Gasteiger charge is -2.35. The van der Waals surface area contributed by atoms with E-state index in [1.807, 2.05) is 18.2 Å². The van der Waals surface area contributed by atoms with Gasteiger partial charge in [0.15, 0.2) is 0 Å². The predicted octanol–water partition coefficient (Wildman–Crippen LogP) is 4.47. The Morgan fingerprint density at radius 1 is 1.35 bits per heavy atom. The summed E-state index contributed by atoms with van der Waals surface area (Å²) in [5.74, 6) is 1.59. The van der Waals surface area contributed by atoms with Crippen LogP contribution in [-0.2, 0) is 0 Å². The van der Waals surface area contributed by atoms with Crippen molar-refractivity contribution in [2.75, 3.05) is 19.6 Å². The molecule has 1 aliphatic heterocycles. The first-order chi connectivity index (χ1) is 9.45. The van der Waals surface area contributed by atoms with E-state index in [2.05, 4.69) is 34.7 Å². The van der Waals surface area contributed by atoms with Gasteiger partial charge in [0.25, 0.3) is 0 Å². The highest BCUT2D eigenvalue weighted by Crippen LogP contribution is 2.28. The Morgan fingerprint density at radius 3 is 2.60 bits per heavy atom. The first-order valence-corrected chi connectivity index (χ1v) is 8.55.